The van der Waals surface area contributed by atoms with Crippen molar-refractivity contribution in [3.05, 3.63) is 0 Å². The van der Waals surface area contributed by atoms with E-state index in [0.29, 0.717) is 59.5 Å². The van der Waals surface area contributed by atoms with Crippen molar-refractivity contribution in [1.29, 1.82) is 0 Å². The Morgan fingerprint density at radius 2 is 0.839 bits per heavy atom. The molecule has 2 N–H and O–H groups in total. The summed E-state index contributed by atoms with van der Waals surface area (Å²) in [5.74, 6) is 0. The summed E-state index contributed by atoms with van der Waals surface area (Å²) in [5.41, 5.74) is 0. The summed E-state index contributed by atoms with van der Waals surface area (Å²) in [6, 6.07) is 0. The number of nitrogens with one attached hydrogen (secondary N) is 1. The van der Waals surface area contributed by atoms with E-state index in [-0.39, 0.29) is 6.61 Å². The minimum Gasteiger partial charge on any atom is -0.394 e. The van der Waals surface area contributed by atoms with Gasteiger partial charge in [-0.25, -0.2) is 0 Å². The largest absolute Gasteiger partial charge is 0.394 e. The molecule has 188 valence electrons. The van der Waals surface area contributed by atoms with E-state index in [9.17, 15) is 0 Å². The summed E-state index contributed by atoms with van der Waals surface area (Å²) in [6.45, 7) is 9.86. The van der Waals surface area contributed by atoms with Crippen LogP contribution >= 0.6 is 0 Å². The van der Waals surface area contributed by atoms with Crippen LogP contribution in [-0.4, -0.2) is 90.9 Å². The van der Waals surface area contributed by atoms with Crippen LogP contribution in [0.25, 0.3) is 0 Å². The van der Waals surface area contributed by atoms with Crippen molar-refractivity contribution in [3.8, 4) is 0 Å². The first-order chi connectivity index (χ1) is 15.4. The minimum absolute atomic E-state index is 0.0461. The van der Waals surface area contributed by atoms with Gasteiger partial charge < -0.3 is 34.1 Å². The predicted molar refractivity (Wildman–Crippen MR) is 126 cm³/mol. The second kappa shape index (κ2) is 29.7. The van der Waals surface area contributed by atoms with Gasteiger partial charge in [-0.1, -0.05) is 64.7 Å². The lowest BCUT2D eigenvalue weighted by Gasteiger charge is -2.08. The number of ether oxygens (including phenoxy) is 5. The molecule has 0 aliphatic heterocycles. The third-order valence-corrected chi connectivity index (χ3v) is 4.85. The molecule has 0 radical (unpaired) electrons. The molecule has 0 saturated carbocycles. The maximum atomic E-state index is 8.55. The van der Waals surface area contributed by atoms with Crippen molar-refractivity contribution in [2.75, 3.05) is 85.8 Å². The van der Waals surface area contributed by atoms with Gasteiger partial charge in [-0.05, 0) is 13.0 Å². The summed E-state index contributed by atoms with van der Waals surface area (Å²) in [5, 5.41) is 12.0. The summed E-state index contributed by atoms with van der Waals surface area (Å²) in [6.07, 6.45) is 13.8. The van der Waals surface area contributed by atoms with Gasteiger partial charge in [0.2, 0.25) is 0 Å². The summed E-state index contributed by atoms with van der Waals surface area (Å²) in [4.78, 5) is 0. The van der Waals surface area contributed by atoms with Crippen LogP contribution in [0.2, 0.25) is 0 Å². The highest BCUT2D eigenvalue weighted by molar-refractivity contribution is 4.50. The molecular weight excluding hydrogens is 398 g/mol. The molecule has 7 nitrogen and oxygen atoms in total. The first-order valence-electron chi connectivity index (χ1n) is 12.6. The number of unbranched alkanes of at least 4 members (excludes halogenated alkanes) is 9. The molecular formula is C24H51NO6. The lowest BCUT2D eigenvalue weighted by molar-refractivity contribution is -0.0130. The quantitative estimate of drug-likeness (QED) is 0.177. The molecule has 7 heteroatoms. The van der Waals surface area contributed by atoms with Crippen LogP contribution < -0.4 is 5.32 Å². The number of hydrogen-bond donors (Lipinski definition) is 2. The van der Waals surface area contributed by atoms with Crippen molar-refractivity contribution in [1.82, 2.24) is 5.32 Å². The normalized spacial score (nSPS) is 11.4. The van der Waals surface area contributed by atoms with E-state index in [1.165, 1.54) is 64.2 Å². The Morgan fingerprint density at radius 3 is 1.29 bits per heavy atom. The first kappa shape index (κ1) is 30.7. The molecule has 0 heterocycles. The summed E-state index contributed by atoms with van der Waals surface area (Å²) >= 11 is 0. The van der Waals surface area contributed by atoms with Gasteiger partial charge in [0.25, 0.3) is 0 Å². The second-order valence-corrected chi connectivity index (χ2v) is 7.72. The fourth-order valence-electron chi connectivity index (χ4n) is 3.05. The highest BCUT2D eigenvalue weighted by atomic mass is 16.6. The molecule has 0 fully saturated rings. The van der Waals surface area contributed by atoms with Gasteiger partial charge in [-0.2, -0.15) is 0 Å². The Balaban J connectivity index is 2.98. The van der Waals surface area contributed by atoms with E-state index >= 15 is 0 Å². The van der Waals surface area contributed by atoms with E-state index < -0.39 is 0 Å². The summed E-state index contributed by atoms with van der Waals surface area (Å²) < 4.78 is 26.8. The third kappa shape index (κ3) is 29.7. The van der Waals surface area contributed by atoms with Crippen LogP contribution in [0.5, 0.6) is 0 Å². The van der Waals surface area contributed by atoms with Gasteiger partial charge in [0.05, 0.1) is 72.7 Å². The van der Waals surface area contributed by atoms with Gasteiger partial charge in [-0.3, -0.25) is 0 Å². The Kier molecular flexibility index (Phi) is 29.5. The molecule has 0 aliphatic rings. The van der Waals surface area contributed by atoms with E-state index in [2.05, 4.69) is 12.2 Å². The molecule has 0 atom stereocenters. The van der Waals surface area contributed by atoms with Crippen molar-refractivity contribution in [2.45, 2.75) is 71.1 Å². The van der Waals surface area contributed by atoms with Crippen LogP contribution in [0.15, 0.2) is 0 Å². The fourth-order valence-corrected chi connectivity index (χ4v) is 3.05. The fraction of sp³-hybridized carbons (Fsp3) is 1.00. The Labute approximate surface area is 191 Å². The molecule has 0 aromatic rings. The highest BCUT2D eigenvalue weighted by Crippen LogP contribution is 2.10. The van der Waals surface area contributed by atoms with E-state index in [4.69, 9.17) is 28.8 Å². The molecule has 0 amide bonds. The third-order valence-electron chi connectivity index (χ3n) is 4.85. The molecule has 0 saturated heterocycles. The standard InChI is InChI=1S/C24H51NO6/c1-2-3-4-5-6-7-8-9-10-11-12-25-13-15-27-17-19-29-21-23-31-24-22-30-20-18-28-16-14-26/h25-26H,2-24H2,1H3. The maximum absolute atomic E-state index is 8.55. The van der Waals surface area contributed by atoms with Gasteiger partial charge in [0.15, 0.2) is 0 Å². The molecule has 0 aromatic heterocycles. The predicted octanol–water partition coefficient (Wildman–Crippen LogP) is 3.57. The smallest absolute Gasteiger partial charge is 0.0701 e. The van der Waals surface area contributed by atoms with Gasteiger partial charge in [-0.15, -0.1) is 0 Å². The minimum atomic E-state index is 0.0461. The van der Waals surface area contributed by atoms with E-state index in [1.54, 1.807) is 0 Å². The average molecular weight is 450 g/mol. The molecule has 0 spiro atoms. The first-order valence-corrected chi connectivity index (χ1v) is 12.6. The van der Waals surface area contributed by atoms with Crippen LogP contribution in [0, 0.1) is 0 Å². The lowest BCUT2D eigenvalue weighted by Crippen LogP contribution is -2.22. The number of rotatable bonds is 28. The number of aliphatic hydroxyl groups is 1. The maximum Gasteiger partial charge on any atom is 0.0701 e. The monoisotopic (exact) mass is 449 g/mol. The van der Waals surface area contributed by atoms with E-state index in [0.717, 1.165) is 19.7 Å². The Hall–Kier alpha value is -0.280. The Bertz CT molecular complexity index is 282. The molecule has 31 heavy (non-hydrogen) atoms. The lowest BCUT2D eigenvalue weighted by atomic mass is 10.1. The van der Waals surface area contributed by atoms with Gasteiger partial charge in [0.1, 0.15) is 0 Å². The second-order valence-electron chi connectivity index (χ2n) is 7.72. The SMILES string of the molecule is CCCCCCCCCCCCNCCOCCOCCOCCOCCOCCO. The average Bonchev–Trinajstić information content (AvgIpc) is 2.78. The van der Waals surface area contributed by atoms with Crippen LogP contribution in [-0.2, 0) is 23.7 Å². The topological polar surface area (TPSA) is 78.4 Å². The van der Waals surface area contributed by atoms with Crippen molar-refractivity contribution in [2.24, 2.45) is 0 Å². The number of aliphatic hydroxyl groups excluding tert-OH is 1. The van der Waals surface area contributed by atoms with Crippen molar-refractivity contribution < 1.29 is 28.8 Å². The molecule has 0 unspecified atom stereocenters. The zero-order chi connectivity index (χ0) is 22.5. The van der Waals surface area contributed by atoms with Crippen LogP contribution in [0.4, 0.5) is 0 Å². The highest BCUT2D eigenvalue weighted by Gasteiger charge is 1.95. The zero-order valence-corrected chi connectivity index (χ0v) is 20.3. The molecule has 0 bridgehead atoms. The van der Waals surface area contributed by atoms with Crippen LogP contribution in [0.1, 0.15) is 71.1 Å². The van der Waals surface area contributed by atoms with Crippen molar-refractivity contribution in [3.63, 3.8) is 0 Å². The van der Waals surface area contributed by atoms with Gasteiger partial charge >= 0.3 is 0 Å². The molecule has 0 aliphatic carbocycles. The zero-order valence-electron chi connectivity index (χ0n) is 20.3. The van der Waals surface area contributed by atoms with E-state index in [1.807, 2.05) is 0 Å². The van der Waals surface area contributed by atoms with Gasteiger partial charge in [0, 0.05) is 6.54 Å². The Morgan fingerprint density at radius 1 is 0.452 bits per heavy atom. The van der Waals surface area contributed by atoms with Crippen LogP contribution in [0.3, 0.4) is 0 Å². The molecule has 0 aromatic carbocycles. The summed E-state index contributed by atoms with van der Waals surface area (Å²) in [7, 11) is 0. The molecule has 0 rings (SSSR count). The number of hydrogen-bond acceptors (Lipinski definition) is 7. The van der Waals surface area contributed by atoms with Crippen molar-refractivity contribution >= 4 is 0 Å².